The molecule has 0 saturated carbocycles. The minimum absolute atomic E-state index is 0.231. The van der Waals surface area contributed by atoms with Gasteiger partial charge in [0.1, 0.15) is 5.82 Å². The summed E-state index contributed by atoms with van der Waals surface area (Å²) in [5.74, 6) is 0.608. The van der Waals surface area contributed by atoms with Crippen LogP contribution in [0.3, 0.4) is 0 Å². The summed E-state index contributed by atoms with van der Waals surface area (Å²) in [6.45, 7) is 1.93. The van der Waals surface area contributed by atoms with Gasteiger partial charge in [0.05, 0.1) is 23.7 Å². The van der Waals surface area contributed by atoms with Crippen molar-refractivity contribution < 1.29 is 9.50 Å². The van der Waals surface area contributed by atoms with E-state index in [4.69, 9.17) is 4.98 Å². The minimum Gasteiger partial charge on any atom is -0.391 e. The zero-order valence-corrected chi connectivity index (χ0v) is 12.7. The van der Waals surface area contributed by atoms with Crippen LogP contribution < -0.4 is 4.90 Å². The molecule has 1 fully saturated rings. The summed E-state index contributed by atoms with van der Waals surface area (Å²) in [7, 11) is 0. The zero-order valence-electron chi connectivity index (χ0n) is 12.7. The van der Waals surface area contributed by atoms with E-state index in [0.29, 0.717) is 13.1 Å². The molecular weight excluding hydrogens is 293 g/mol. The second kappa shape index (κ2) is 5.66. The van der Waals surface area contributed by atoms with E-state index in [1.54, 1.807) is 12.1 Å². The lowest BCUT2D eigenvalue weighted by Gasteiger charge is -2.19. The molecule has 23 heavy (non-hydrogen) atoms. The van der Waals surface area contributed by atoms with Crippen LogP contribution >= 0.6 is 0 Å². The molecular formula is C18H18FN3O. The highest BCUT2D eigenvalue weighted by Crippen LogP contribution is 2.26. The molecule has 1 saturated heterocycles. The first-order valence-electron chi connectivity index (χ1n) is 7.83. The van der Waals surface area contributed by atoms with Crippen molar-refractivity contribution in [3.63, 3.8) is 0 Å². The monoisotopic (exact) mass is 311 g/mol. The largest absolute Gasteiger partial charge is 0.391 e. The number of hydrogen-bond donors (Lipinski definition) is 1. The van der Waals surface area contributed by atoms with E-state index in [1.807, 2.05) is 30.3 Å². The van der Waals surface area contributed by atoms with Crippen molar-refractivity contribution in [3.05, 3.63) is 59.9 Å². The fraction of sp³-hybridized carbons (Fsp3) is 0.278. The summed E-state index contributed by atoms with van der Waals surface area (Å²) in [6.07, 6.45) is 0.445. The maximum atomic E-state index is 13.5. The van der Waals surface area contributed by atoms with Crippen LogP contribution in [0.1, 0.15) is 12.0 Å². The lowest BCUT2D eigenvalue weighted by Crippen LogP contribution is -2.25. The molecule has 4 rings (SSSR count). The first-order chi connectivity index (χ1) is 11.2. The fourth-order valence-electron chi connectivity index (χ4n) is 3.20. The normalized spacial score (nSPS) is 18.0. The Balaban J connectivity index is 1.79. The lowest BCUT2D eigenvalue weighted by atomic mass is 10.2. The Labute approximate surface area is 133 Å². The number of rotatable bonds is 3. The van der Waals surface area contributed by atoms with Crippen LogP contribution in [-0.4, -0.2) is 33.9 Å². The Kier molecular flexibility index (Phi) is 3.50. The second-order valence-corrected chi connectivity index (χ2v) is 6.01. The van der Waals surface area contributed by atoms with E-state index in [-0.39, 0.29) is 11.9 Å². The van der Waals surface area contributed by atoms with E-state index < -0.39 is 0 Å². The lowest BCUT2D eigenvalue weighted by molar-refractivity contribution is 0.198. The molecule has 2 heterocycles. The molecule has 1 N–H and O–H groups in total. The Morgan fingerprint density at radius 3 is 2.83 bits per heavy atom. The molecule has 2 aromatic carbocycles. The van der Waals surface area contributed by atoms with E-state index in [0.717, 1.165) is 35.5 Å². The van der Waals surface area contributed by atoms with Crippen LogP contribution in [0.2, 0.25) is 0 Å². The van der Waals surface area contributed by atoms with Crippen LogP contribution in [0.5, 0.6) is 0 Å². The number of para-hydroxylation sites is 2. The Morgan fingerprint density at radius 2 is 2.04 bits per heavy atom. The van der Waals surface area contributed by atoms with E-state index in [9.17, 15) is 9.50 Å². The number of benzene rings is 2. The van der Waals surface area contributed by atoms with Gasteiger partial charge in [-0.15, -0.1) is 0 Å². The maximum absolute atomic E-state index is 13.5. The molecule has 4 nitrogen and oxygen atoms in total. The number of β-amino-alcohol motifs (C(OH)–C–C–N with tert-alkyl or cyclic N) is 1. The quantitative estimate of drug-likeness (QED) is 0.809. The maximum Gasteiger partial charge on any atom is 0.206 e. The van der Waals surface area contributed by atoms with Gasteiger partial charge in [-0.1, -0.05) is 24.3 Å². The topological polar surface area (TPSA) is 41.3 Å². The number of hydrogen-bond acceptors (Lipinski definition) is 3. The van der Waals surface area contributed by atoms with Crippen molar-refractivity contribution in [2.75, 3.05) is 18.0 Å². The van der Waals surface area contributed by atoms with Gasteiger partial charge >= 0.3 is 0 Å². The van der Waals surface area contributed by atoms with Crippen molar-refractivity contribution in [3.8, 4) is 0 Å². The summed E-state index contributed by atoms with van der Waals surface area (Å²) in [6, 6.07) is 14.6. The molecule has 118 valence electrons. The van der Waals surface area contributed by atoms with Crippen LogP contribution in [0.25, 0.3) is 11.0 Å². The second-order valence-electron chi connectivity index (χ2n) is 6.01. The first kappa shape index (κ1) is 14.2. The molecule has 0 aliphatic carbocycles. The highest BCUT2D eigenvalue weighted by molar-refractivity contribution is 5.79. The van der Waals surface area contributed by atoms with Crippen LogP contribution in [0, 0.1) is 5.82 Å². The number of aliphatic hydroxyl groups is 1. The summed E-state index contributed by atoms with van der Waals surface area (Å²) < 4.78 is 15.6. The number of halogens is 1. The van der Waals surface area contributed by atoms with E-state index in [1.165, 1.54) is 6.07 Å². The molecule has 0 unspecified atom stereocenters. The molecule has 0 spiro atoms. The standard InChI is InChI=1S/C18H18FN3O/c19-14-5-3-4-13(10-14)11-22-17-7-2-1-6-16(17)20-18(22)21-9-8-15(23)12-21/h1-7,10,15,23H,8-9,11-12H2/t15-/m1/s1. The summed E-state index contributed by atoms with van der Waals surface area (Å²) in [5, 5.41) is 9.82. The van der Waals surface area contributed by atoms with Crippen LogP contribution in [-0.2, 0) is 6.54 Å². The molecule has 1 atom stereocenters. The van der Waals surface area contributed by atoms with Crippen molar-refractivity contribution in [1.82, 2.24) is 9.55 Å². The van der Waals surface area contributed by atoms with Crippen LogP contribution in [0.15, 0.2) is 48.5 Å². The van der Waals surface area contributed by atoms with Crippen LogP contribution in [0.4, 0.5) is 10.3 Å². The van der Waals surface area contributed by atoms with Crippen molar-refractivity contribution in [2.24, 2.45) is 0 Å². The fourth-order valence-corrected chi connectivity index (χ4v) is 3.20. The molecule has 1 aromatic heterocycles. The average Bonchev–Trinajstić information content (AvgIpc) is 3.12. The van der Waals surface area contributed by atoms with Gasteiger partial charge in [0, 0.05) is 13.1 Å². The number of aliphatic hydroxyl groups excluding tert-OH is 1. The molecule has 1 aliphatic rings. The van der Waals surface area contributed by atoms with Gasteiger partial charge < -0.3 is 14.6 Å². The number of imidazole rings is 1. The minimum atomic E-state index is -0.308. The van der Waals surface area contributed by atoms with Crippen molar-refractivity contribution >= 4 is 17.0 Å². The number of nitrogens with zero attached hydrogens (tertiary/aromatic N) is 3. The predicted molar refractivity (Wildman–Crippen MR) is 88.1 cm³/mol. The first-order valence-corrected chi connectivity index (χ1v) is 7.83. The van der Waals surface area contributed by atoms with Gasteiger partial charge in [-0.3, -0.25) is 0 Å². The van der Waals surface area contributed by atoms with E-state index in [2.05, 4.69) is 9.47 Å². The molecule has 3 aromatic rings. The predicted octanol–water partition coefficient (Wildman–Crippen LogP) is 2.79. The Hall–Kier alpha value is -2.40. The van der Waals surface area contributed by atoms with Gasteiger partial charge in [-0.25, -0.2) is 9.37 Å². The van der Waals surface area contributed by atoms with Crippen molar-refractivity contribution in [1.29, 1.82) is 0 Å². The molecule has 0 amide bonds. The average molecular weight is 311 g/mol. The van der Waals surface area contributed by atoms with Gasteiger partial charge in [-0.2, -0.15) is 0 Å². The number of anilines is 1. The SMILES string of the molecule is O[C@@H]1CCN(c2nc3ccccc3n2Cc2cccc(F)c2)C1. The third kappa shape index (κ3) is 2.68. The smallest absolute Gasteiger partial charge is 0.206 e. The Bertz CT molecular complexity index is 845. The number of aromatic nitrogens is 2. The number of fused-ring (bicyclic) bond motifs is 1. The summed E-state index contributed by atoms with van der Waals surface area (Å²) >= 11 is 0. The van der Waals surface area contributed by atoms with Gasteiger partial charge in [0.25, 0.3) is 0 Å². The molecule has 1 aliphatic heterocycles. The van der Waals surface area contributed by atoms with Gasteiger partial charge in [0.15, 0.2) is 0 Å². The van der Waals surface area contributed by atoms with Crippen molar-refractivity contribution in [2.45, 2.75) is 19.1 Å². The third-order valence-electron chi connectivity index (χ3n) is 4.31. The summed E-state index contributed by atoms with van der Waals surface area (Å²) in [4.78, 5) is 6.83. The summed E-state index contributed by atoms with van der Waals surface area (Å²) in [5.41, 5.74) is 2.84. The van der Waals surface area contributed by atoms with E-state index >= 15 is 0 Å². The highest BCUT2D eigenvalue weighted by Gasteiger charge is 2.25. The molecule has 0 radical (unpaired) electrons. The highest BCUT2D eigenvalue weighted by atomic mass is 19.1. The molecule has 5 heteroatoms. The van der Waals surface area contributed by atoms with Gasteiger partial charge in [-0.05, 0) is 36.2 Å². The third-order valence-corrected chi connectivity index (χ3v) is 4.31. The van der Waals surface area contributed by atoms with Gasteiger partial charge in [0.2, 0.25) is 5.95 Å². The zero-order chi connectivity index (χ0) is 15.8. The Morgan fingerprint density at radius 1 is 1.17 bits per heavy atom. The molecule has 0 bridgehead atoms.